The number of carbonyl (C=O) groups is 2. The van der Waals surface area contributed by atoms with Gasteiger partial charge in [-0.1, -0.05) is 40.9 Å². The number of nitrogens with one attached hydrogen (secondary N) is 1. The average Bonchev–Trinajstić information content (AvgIpc) is 2.80. The van der Waals surface area contributed by atoms with Gasteiger partial charge in [-0.05, 0) is 25.1 Å². The fourth-order valence-corrected chi connectivity index (χ4v) is 2.54. The van der Waals surface area contributed by atoms with E-state index < -0.39 is 18.5 Å². The van der Waals surface area contributed by atoms with E-state index in [9.17, 15) is 9.59 Å². The van der Waals surface area contributed by atoms with Crippen LogP contribution in [-0.2, 0) is 21.4 Å². The Morgan fingerprint density at radius 1 is 1.32 bits per heavy atom. The monoisotopic (exact) mass is 401 g/mol. The summed E-state index contributed by atoms with van der Waals surface area (Å²) in [5.74, 6) is -1.23. The maximum absolute atomic E-state index is 11.8. The molecule has 1 amide bonds. The molecule has 0 radical (unpaired) electrons. The van der Waals surface area contributed by atoms with Gasteiger partial charge in [-0.2, -0.15) is 5.10 Å². The molecule has 0 saturated heterocycles. The Bertz CT molecular complexity index is 847. The second-order valence-electron chi connectivity index (χ2n) is 5.00. The standard InChI is InChI=1S/C16H14Cl3N3O3/c1-9-10(16(19)22(2)21-9)6-7-14(24)25-8-13(23)20-12-5-3-4-11(17)15(12)18/h3-7H,8H2,1-2H3,(H,20,23)/b7-6+. The van der Waals surface area contributed by atoms with Crippen LogP contribution in [0.25, 0.3) is 6.08 Å². The molecule has 2 aromatic rings. The number of ether oxygens (including phenoxy) is 1. The van der Waals surface area contributed by atoms with Gasteiger partial charge in [0, 0.05) is 18.7 Å². The molecule has 0 fully saturated rings. The summed E-state index contributed by atoms with van der Waals surface area (Å²) in [4.78, 5) is 23.5. The zero-order valence-corrected chi connectivity index (χ0v) is 15.6. The summed E-state index contributed by atoms with van der Waals surface area (Å²) in [6.45, 7) is 1.30. The van der Waals surface area contributed by atoms with Crippen LogP contribution in [-0.4, -0.2) is 28.3 Å². The largest absolute Gasteiger partial charge is 0.452 e. The molecule has 1 N–H and O–H groups in total. The van der Waals surface area contributed by atoms with Crippen molar-refractivity contribution in [3.63, 3.8) is 0 Å². The van der Waals surface area contributed by atoms with Crippen LogP contribution in [0.3, 0.4) is 0 Å². The number of aryl methyl sites for hydroxylation is 2. The molecular weight excluding hydrogens is 389 g/mol. The van der Waals surface area contributed by atoms with Crippen LogP contribution >= 0.6 is 34.8 Å². The van der Waals surface area contributed by atoms with Crippen LogP contribution in [0.5, 0.6) is 0 Å². The molecule has 1 aromatic heterocycles. The summed E-state index contributed by atoms with van der Waals surface area (Å²) in [5.41, 5.74) is 1.62. The van der Waals surface area contributed by atoms with Crippen LogP contribution in [0.2, 0.25) is 15.2 Å². The van der Waals surface area contributed by atoms with Gasteiger partial charge in [0.05, 0.1) is 21.4 Å². The van der Waals surface area contributed by atoms with E-state index in [0.29, 0.717) is 27.1 Å². The molecule has 25 heavy (non-hydrogen) atoms. The molecule has 6 nitrogen and oxygen atoms in total. The third-order valence-electron chi connectivity index (χ3n) is 3.15. The Morgan fingerprint density at radius 2 is 2.04 bits per heavy atom. The molecule has 0 saturated carbocycles. The maximum Gasteiger partial charge on any atom is 0.331 e. The molecule has 132 valence electrons. The lowest BCUT2D eigenvalue weighted by atomic mass is 10.2. The summed E-state index contributed by atoms with van der Waals surface area (Å²) in [6.07, 6.45) is 2.66. The minimum atomic E-state index is -0.688. The van der Waals surface area contributed by atoms with E-state index in [2.05, 4.69) is 10.4 Å². The van der Waals surface area contributed by atoms with E-state index in [1.54, 1.807) is 32.2 Å². The second kappa shape index (κ2) is 8.38. The highest BCUT2D eigenvalue weighted by Crippen LogP contribution is 2.29. The molecule has 0 aliphatic carbocycles. The van der Waals surface area contributed by atoms with Crippen molar-refractivity contribution in [2.45, 2.75) is 6.92 Å². The van der Waals surface area contributed by atoms with Gasteiger partial charge in [-0.25, -0.2) is 4.79 Å². The van der Waals surface area contributed by atoms with Gasteiger partial charge in [0.1, 0.15) is 5.15 Å². The Kier molecular flexibility index (Phi) is 6.47. The number of hydrogen-bond donors (Lipinski definition) is 1. The molecule has 1 heterocycles. The number of esters is 1. The van der Waals surface area contributed by atoms with Crippen LogP contribution in [0, 0.1) is 6.92 Å². The highest BCUT2D eigenvalue weighted by atomic mass is 35.5. The van der Waals surface area contributed by atoms with Crippen LogP contribution in [0.4, 0.5) is 5.69 Å². The van der Waals surface area contributed by atoms with Crippen molar-refractivity contribution < 1.29 is 14.3 Å². The molecular formula is C16H14Cl3N3O3. The van der Waals surface area contributed by atoms with Crippen molar-refractivity contribution in [1.29, 1.82) is 0 Å². The lowest BCUT2D eigenvalue weighted by Crippen LogP contribution is -2.20. The first kappa shape index (κ1) is 19.3. The lowest BCUT2D eigenvalue weighted by molar-refractivity contribution is -0.142. The lowest BCUT2D eigenvalue weighted by Gasteiger charge is -2.08. The number of halogens is 3. The van der Waals surface area contributed by atoms with Gasteiger partial charge in [0.25, 0.3) is 5.91 Å². The van der Waals surface area contributed by atoms with Crippen LogP contribution in [0.1, 0.15) is 11.3 Å². The molecule has 0 aliphatic rings. The Balaban J connectivity index is 1.90. The van der Waals surface area contributed by atoms with Crippen LogP contribution < -0.4 is 5.32 Å². The fraction of sp³-hybridized carbons (Fsp3) is 0.188. The maximum atomic E-state index is 11.8. The van der Waals surface area contributed by atoms with E-state index in [-0.39, 0.29) is 5.02 Å². The number of nitrogens with zero attached hydrogens (tertiary/aromatic N) is 2. The molecule has 0 atom stereocenters. The normalized spacial score (nSPS) is 10.9. The van der Waals surface area contributed by atoms with Gasteiger partial charge in [-0.3, -0.25) is 9.48 Å². The second-order valence-corrected chi connectivity index (χ2v) is 6.15. The van der Waals surface area contributed by atoms with Crippen molar-refractivity contribution in [3.05, 3.63) is 50.7 Å². The van der Waals surface area contributed by atoms with Gasteiger partial charge in [0.2, 0.25) is 0 Å². The predicted molar refractivity (Wildman–Crippen MR) is 98.0 cm³/mol. The summed E-state index contributed by atoms with van der Waals surface area (Å²) in [6, 6.07) is 4.81. The van der Waals surface area contributed by atoms with E-state index >= 15 is 0 Å². The molecule has 9 heteroatoms. The predicted octanol–water partition coefficient (Wildman–Crippen LogP) is 3.88. The highest BCUT2D eigenvalue weighted by Gasteiger charge is 2.11. The van der Waals surface area contributed by atoms with Crippen LogP contribution in [0.15, 0.2) is 24.3 Å². The topological polar surface area (TPSA) is 73.2 Å². The number of amides is 1. The van der Waals surface area contributed by atoms with Gasteiger partial charge in [0.15, 0.2) is 6.61 Å². The number of anilines is 1. The van der Waals surface area contributed by atoms with Gasteiger partial charge < -0.3 is 10.1 Å². The minimum absolute atomic E-state index is 0.213. The molecule has 2 rings (SSSR count). The average molecular weight is 403 g/mol. The number of rotatable bonds is 5. The molecule has 0 aliphatic heterocycles. The van der Waals surface area contributed by atoms with Gasteiger partial charge >= 0.3 is 5.97 Å². The minimum Gasteiger partial charge on any atom is -0.452 e. The quantitative estimate of drug-likeness (QED) is 0.608. The first-order valence-electron chi connectivity index (χ1n) is 7.07. The first-order valence-corrected chi connectivity index (χ1v) is 8.20. The van der Waals surface area contributed by atoms with E-state index in [1.807, 2.05) is 0 Å². The van der Waals surface area contributed by atoms with E-state index in [4.69, 9.17) is 39.5 Å². The van der Waals surface area contributed by atoms with Crippen molar-refractivity contribution in [2.24, 2.45) is 7.05 Å². The first-order chi connectivity index (χ1) is 11.8. The fourth-order valence-electron chi connectivity index (χ4n) is 1.96. The number of aromatic nitrogens is 2. The number of hydrogen-bond acceptors (Lipinski definition) is 4. The highest BCUT2D eigenvalue weighted by molar-refractivity contribution is 6.44. The SMILES string of the molecule is Cc1nn(C)c(Cl)c1/C=C/C(=O)OCC(=O)Nc1cccc(Cl)c1Cl. The van der Waals surface area contributed by atoms with Gasteiger partial charge in [-0.15, -0.1) is 0 Å². The number of carbonyl (C=O) groups excluding carboxylic acids is 2. The third-order valence-corrected chi connectivity index (χ3v) is 4.42. The summed E-state index contributed by atoms with van der Waals surface area (Å²) in [7, 11) is 1.69. The smallest absolute Gasteiger partial charge is 0.331 e. The molecule has 0 bridgehead atoms. The summed E-state index contributed by atoms with van der Waals surface area (Å²) in [5, 5.41) is 7.55. The zero-order chi connectivity index (χ0) is 18.6. The molecule has 0 unspecified atom stereocenters. The molecule has 1 aromatic carbocycles. The Hall–Kier alpha value is -2.02. The molecule has 0 spiro atoms. The summed E-state index contributed by atoms with van der Waals surface area (Å²) >= 11 is 17.9. The van der Waals surface area contributed by atoms with Crippen molar-refractivity contribution in [3.8, 4) is 0 Å². The third kappa shape index (κ3) is 4.98. The van der Waals surface area contributed by atoms with Crippen molar-refractivity contribution in [2.75, 3.05) is 11.9 Å². The Labute approximate surface area is 159 Å². The van der Waals surface area contributed by atoms with E-state index in [1.165, 1.54) is 16.8 Å². The van der Waals surface area contributed by atoms with E-state index in [0.717, 1.165) is 0 Å². The Morgan fingerprint density at radius 3 is 2.68 bits per heavy atom. The number of benzene rings is 1. The zero-order valence-electron chi connectivity index (χ0n) is 13.3. The van der Waals surface area contributed by atoms with Crippen molar-refractivity contribution >= 4 is 58.4 Å². The van der Waals surface area contributed by atoms with Crippen molar-refractivity contribution in [1.82, 2.24) is 9.78 Å². The summed E-state index contributed by atoms with van der Waals surface area (Å²) < 4.78 is 6.36.